The third kappa shape index (κ3) is 2.66. The zero-order valence-electron chi connectivity index (χ0n) is 8.58. The van der Waals surface area contributed by atoms with E-state index in [4.69, 9.17) is 16.1 Å². The van der Waals surface area contributed by atoms with Crippen molar-refractivity contribution in [2.75, 3.05) is 5.75 Å². The Hall–Kier alpha value is -0.680. The normalized spacial score (nSPS) is 10.6. The van der Waals surface area contributed by atoms with Gasteiger partial charge < -0.3 is 4.52 Å². The SMILES string of the molecule is CCCc1on(C(=O)Cl)c(=O)c1SCC. The van der Waals surface area contributed by atoms with Crippen LogP contribution in [-0.2, 0) is 6.42 Å². The fourth-order valence-corrected chi connectivity index (χ4v) is 2.10. The summed E-state index contributed by atoms with van der Waals surface area (Å²) in [5.74, 6) is 1.30. The van der Waals surface area contributed by atoms with E-state index in [0.717, 1.165) is 12.2 Å². The summed E-state index contributed by atoms with van der Waals surface area (Å²) in [7, 11) is 0. The van der Waals surface area contributed by atoms with Crippen LogP contribution in [0.3, 0.4) is 0 Å². The first-order valence-electron chi connectivity index (χ1n) is 4.69. The number of thioether (sulfide) groups is 1. The van der Waals surface area contributed by atoms with Gasteiger partial charge in [0, 0.05) is 6.42 Å². The smallest absolute Gasteiger partial charge is 0.357 e. The van der Waals surface area contributed by atoms with Gasteiger partial charge in [-0.05, 0) is 23.8 Å². The molecule has 15 heavy (non-hydrogen) atoms. The van der Waals surface area contributed by atoms with Crippen LogP contribution in [0.15, 0.2) is 14.2 Å². The van der Waals surface area contributed by atoms with Crippen LogP contribution < -0.4 is 5.56 Å². The molecule has 84 valence electrons. The Bertz CT molecular complexity index is 410. The van der Waals surface area contributed by atoms with Gasteiger partial charge in [-0.25, -0.2) is 0 Å². The van der Waals surface area contributed by atoms with Crippen molar-refractivity contribution in [1.29, 1.82) is 0 Å². The van der Waals surface area contributed by atoms with E-state index in [9.17, 15) is 9.59 Å². The monoisotopic (exact) mass is 249 g/mol. The standard InChI is InChI=1S/C9H12ClNO3S/c1-3-5-6-7(15-4-2)8(12)11(14-6)9(10)13/h3-5H2,1-2H3. The molecule has 1 heterocycles. The summed E-state index contributed by atoms with van der Waals surface area (Å²) in [6.45, 7) is 3.90. The Labute approximate surface area is 96.5 Å². The van der Waals surface area contributed by atoms with E-state index in [-0.39, 0.29) is 0 Å². The molecule has 0 bridgehead atoms. The molecule has 0 atom stereocenters. The number of aromatic nitrogens is 1. The quantitative estimate of drug-likeness (QED) is 0.608. The molecule has 0 fully saturated rings. The van der Waals surface area contributed by atoms with Gasteiger partial charge in [-0.3, -0.25) is 9.59 Å². The molecule has 6 heteroatoms. The lowest BCUT2D eigenvalue weighted by molar-refractivity contribution is 0.224. The number of hydrogen-bond acceptors (Lipinski definition) is 4. The summed E-state index contributed by atoms with van der Waals surface area (Å²) in [6.07, 6.45) is 1.48. The highest BCUT2D eigenvalue weighted by Gasteiger charge is 2.19. The van der Waals surface area contributed by atoms with E-state index < -0.39 is 10.9 Å². The highest BCUT2D eigenvalue weighted by molar-refractivity contribution is 7.99. The second-order valence-electron chi connectivity index (χ2n) is 2.88. The third-order valence-electron chi connectivity index (χ3n) is 1.76. The van der Waals surface area contributed by atoms with Crippen molar-refractivity contribution in [3.8, 4) is 0 Å². The van der Waals surface area contributed by atoms with Gasteiger partial charge in [0.05, 0.1) is 0 Å². The van der Waals surface area contributed by atoms with Gasteiger partial charge in [-0.15, -0.1) is 11.8 Å². The van der Waals surface area contributed by atoms with E-state index in [2.05, 4.69) is 0 Å². The average molecular weight is 250 g/mol. The zero-order chi connectivity index (χ0) is 11.4. The number of aryl methyl sites for hydroxylation is 1. The molecule has 0 saturated heterocycles. The van der Waals surface area contributed by atoms with Crippen LogP contribution >= 0.6 is 23.4 Å². The van der Waals surface area contributed by atoms with Crippen molar-refractivity contribution in [3.05, 3.63) is 16.1 Å². The molecule has 1 aromatic rings. The molecule has 0 saturated carbocycles. The summed E-state index contributed by atoms with van der Waals surface area (Å²) in [5.41, 5.74) is -0.453. The molecule has 1 aromatic heterocycles. The molecule has 0 aliphatic rings. The second-order valence-corrected chi connectivity index (χ2v) is 4.48. The predicted octanol–water partition coefficient (Wildman–Crippen LogP) is 2.71. The van der Waals surface area contributed by atoms with Crippen LogP contribution in [0.25, 0.3) is 0 Å². The van der Waals surface area contributed by atoms with Gasteiger partial charge in [-0.2, -0.15) is 0 Å². The first-order valence-corrected chi connectivity index (χ1v) is 6.06. The van der Waals surface area contributed by atoms with Crippen LogP contribution in [0.1, 0.15) is 26.0 Å². The molecule has 0 unspecified atom stereocenters. The Balaban J connectivity index is 3.20. The van der Waals surface area contributed by atoms with Gasteiger partial charge in [0.2, 0.25) is 0 Å². The Morgan fingerprint density at radius 1 is 1.53 bits per heavy atom. The molecule has 0 aromatic carbocycles. The lowest BCUT2D eigenvalue weighted by atomic mass is 10.3. The van der Waals surface area contributed by atoms with Crippen molar-refractivity contribution in [1.82, 2.24) is 4.74 Å². The molecule has 0 aliphatic heterocycles. The van der Waals surface area contributed by atoms with Crippen LogP contribution in [0, 0.1) is 0 Å². The van der Waals surface area contributed by atoms with Crippen LogP contribution in [-0.4, -0.2) is 15.9 Å². The largest absolute Gasteiger partial charge is 0.371 e. The van der Waals surface area contributed by atoms with Gasteiger partial charge in [0.25, 0.3) is 0 Å². The molecule has 1 rings (SSSR count). The molecule has 0 aliphatic carbocycles. The van der Waals surface area contributed by atoms with Gasteiger partial charge in [-0.1, -0.05) is 18.6 Å². The summed E-state index contributed by atoms with van der Waals surface area (Å²) in [6, 6.07) is 0. The minimum atomic E-state index is -0.902. The Morgan fingerprint density at radius 2 is 2.20 bits per heavy atom. The minimum absolute atomic E-state index is 0.453. The Morgan fingerprint density at radius 3 is 2.67 bits per heavy atom. The highest BCUT2D eigenvalue weighted by atomic mass is 35.5. The van der Waals surface area contributed by atoms with Crippen LogP contribution in [0.2, 0.25) is 0 Å². The number of halogens is 1. The van der Waals surface area contributed by atoms with Crippen LogP contribution in [0.4, 0.5) is 4.79 Å². The first kappa shape index (κ1) is 12.4. The maximum absolute atomic E-state index is 11.6. The topological polar surface area (TPSA) is 52.2 Å². The van der Waals surface area contributed by atoms with E-state index in [1.807, 2.05) is 13.8 Å². The summed E-state index contributed by atoms with van der Waals surface area (Å²) >= 11 is 6.58. The number of nitrogens with zero attached hydrogens (tertiary/aromatic N) is 1. The Kier molecular flexibility index (Phi) is 4.47. The minimum Gasteiger partial charge on any atom is -0.371 e. The van der Waals surface area contributed by atoms with E-state index in [0.29, 0.717) is 21.8 Å². The van der Waals surface area contributed by atoms with E-state index in [1.165, 1.54) is 11.8 Å². The maximum Gasteiger partial charge on any atom is 0.357 e. The predicted molar refractivity (Wildman–Crippen MR) is 60.0 cm³/mol. The van der Waals surface area contributed by atoms with E-state index in [1.54, 1.807) is 0 Å². The second kappa shape index (κ2) is 5.42. The summed E-state index contributed by atoms with van der Waals surface area (Å²) < 4.78 is 5.70. The highest BCUT2D eigenvalue weighted by Crippen LogP contribution is 2.20. The molecular formula is C9H12ClNO3S. The molecule has 0 amide bonds. The van der Waals surface area contributed by atoms with Crippen molar-refractivity contribution < 1.29 is 9.32 Å². The fraction of sp³-hybridized carbons (Fsp3) is 0.556. The maximum atomic E-state index is 11.6. The van der Waals surface area contributed by atoms with Crippen molar-refractivity contribution in [2.24, 2.45) is 0 Å². The average Bonchev–Trinajstić information content (AvgIpc) is 2.47. The van der Waals surface area contributed by atoms with E-state index >= 15 is 0 Å². The lowest BCUT2D eigenvalue weighted by Gasteiger charge is -1.94. The molecular weight excluding hydrogens is 238 g/mol. The van der Waals surface area contributed by atoms with Crippen molar-refractivity contribution in [3.63, 3.8) is 0 Å². The summed E-state index contributed by atoms with van der Waals surface area (Å²) in [5, 5.41) is -0.902. The molecule has 0 radical (unpaired) electrons. The molecule has 4 nitrogen and oxygen atoms in total. The zero-order valence-corrected chi connectivity index (χ0v) is 10.2. The fourth-order valence-electron chi connectivity index (χ4n) is 1.19. The third-order valence-corrected chi connectivity index (χ3v) is 2.89. The number of carbonyl (C=O) groups excluding carboxylic acids is 1. The van der Waals surface area contributed by atoms with Gasteiger partial charge >= 0.3 is 10.9 Å². The number of hydrogen-bond donors (Lipinski definition) is 0. The lowest BCUT2D eigenvalue weighted by Crippen LogP contribution is -2.18. The number of rotatable bonds is 4. The molecule has 0 N–H and O–H groups in total. The molecule has 0 spiro atoms. The van der Waals surface area contributed by atoms with Crippen molar-refractivity contribution in [2.45, 2.75) is 31.6 Å². The summed E-state index contributed by atoms with van der Waals surface area (Å²) in [4.78, 5) is 23.0. The van der Waals surface area contributed by atoms with Crippen LogP contribution in [0.5, 0.6) is 0 Å². The van der Waals surface area contributed by atoms with Crippen molar-refractivity contribution >= 4 is 28.7 Å². The number of carbonyl (C=O) groups is 1. The van der Waals surface area contributed by atoms with Gasteiger partial charge in [0.15, 0.2) is 5.76 Å². The first-order chi connectivity index (χ1) is 7.11. The van der Waals surface area contributed by atoms with Gasteiger partial charge in [0.1, 0.15) is 4.90 Å².